The Hall–Kier alpha value is -1.32. The Bertz CT molecular complexity index is 437. The maximum atomic E-state index is 11.0. The van der Waals surface area contributed by atoms with Crippen LogP contribution in [0.5, 0.6) is 0 Å². The number of halogens is 1. The Morgan fingerprint density at radius 2 is 1.96 bits per heavy atom. The van der Waals surface area contributed by atoms with Gasteiger partial charge in [0.25, 0.3) is 0 Å². The number of ether oxygens (including phenoxy) is 1. The Kier molecular flexibility index (Phi) is 13.5. The molecule has 0 amide bonds. The molecule has 0 radical (unpaired) electrons. The Morgan fingerprint density at radius 1 is 1.22 bits per heavy atom. The van der Waals surface area contributed by atoms with E-state index in [4.69, 9.17) is 0 Å². The van der Waals surface area contributed by atoms with Crippen molar-refractivity contribution in [1.82, 2.24) is 20.4 Å². The third-order valence-electron chi connectivity index (χ3n) is 3.22. The lowest BCUT2D eigenvalue weighted by atomic mass is 10.2. The van der Waals surface area contributed by atoms with Crippen molar-refractivity contribution in [3.63, 3.8) is 0 Å². The van der Waals surface area contributed by atoms with Gasteiger partial charge < -0.3 is 15.4 Å². The average Bonchev–Trinajstić information content (AvgIpc) is 3.05. The number of guanidine groups is 1. The highest BCUT2D eigenvalue weighted by molar-refractivity contribution is 14.0. The topological polar surface area (TPSA) is 80.5 Å². The monoisotopic (exact) mass is 437 g/mol. The number of carbonyl (C=O) groups is 1. The van der Waals surface area contributed by atoms with Crippen molar-refractivity contribution in [1.29, 1.82) is 0 Å². The summed E-state index contributed by atoms with van der Waals surface area (Å²) in [6.45, 7) is 2.59. The largest absolute Gasteiger partial charge is 0.469 e. The zero-order chi connectivity index (χ0) is 16.0. The summed E-state index contributed by atoms with van der Waals surface area (Å²) < 4.78 is 6.52. The van der Waals surface area contributed by atoms with Gasteiger partial charge in [0.2, 0.25) is 0 Å². The summed E-state index contributed by atoms with van der Waals surface area (Å²) in [7, 11) is 3.19. The maximum Gasteiger partial charge on any atom is 0.305 e. The standard InChI is InChI=1S/C15H27N5O2.HI/c1-16-15(17-9-5-3-4-8-14(21)22-2)18-10-6-12-20-13-7-11-19-20;/h7,11,13H,3-6,8-10,12H2,1-2H3,(H2,16,17,18);1H. The van der Waals surface area contributed by atoms with Gasteiger partial charge in [-0.2, -0.15) is 5.10 Å². The van der Waals surface area contributed by atoms with E-state index < -0.39 is 0 Å². The SMILES string of the molecule is CN=C(NCCCCCC(=O)OC)NCCCn1cccn1.I. The van der Waals surface area contributed by atoms with Crippen LogP contribution in [-0.2, 0) is 16.1 Å². The van der Waals surface area contributed by atoms with Crippen molar-refractivity contribution in [3.8, 4) is 0 Å². The third kappa shape index (κ3) is 10.9. The third-order valence-corrected chi connectivity index (χ3v) is 3.22. The first-order valence-corrected chi connectivity index (χ1v) is 7.75. The molecule has 2 N–H and O–H groups in total. The molecular weight excluding hydrogens is 409 g/mol. The van der Waals surface area contributed by atoms with E-state index in [9.17, 15) is 4.79 Å². The molecule has 0 aliphatic heterocycles. The minimum absolute atomic E-state index is 0. The second-order valence-electron chi connectivity index (χ2n) is 4.94. The van der Waals surface area contributed by atoms with Gasteiger partial charge in [-0.25, -0.2) is 0 Å². The number of aryl methyl sites for hydroxylation is 1. The van der Waals surface area contributed by atoms with E-state index in [1.807, 2.05) is 16.9 Å². The van der Waals surface area contributed by atoms with Gasteiger partial charge in [0, 0.05) is 45.5 Å². The number of aromatic nitrogens is 2. The molecule has 23 heavy (non-hydrogen) atoms. The van der Waals surface area contributed by atoms with Crippen molar-refractivity contribution in [3.05, 3.63) is 18.5 Å². The summed E-state index contributed by atoms with van der Waals surface area (Å²) in [5.41, 5.74) is 0. The second-order valence-corrected chi connectivity index (χ2v) is 4.94. The molecule has 1 aromatic rings. The quantitative estimate of drug-likeness (QED) is 0.192. The van der Waals surface area contributed by atoms with Crippen LogP contribution in [0.15, 0.2) is 23.5 Å². The first-order chi connectivity index (χ1) is 10.8. The highest BCUT2D eigenvalue weighted by Crippen LogP contribution is 1.99. The molecule has 0 fully saturated rings. The first-order valence-electron chi connectivity index (χ1n) is 7.75. The van der Waals surface area contributed by atoms with Gasteiger partial charge in [-0.3, -0.25) is 14.5 Å². The van der Waals surface area contributed by atoms with Crippen LogP contribution in [0, 0.1) is 0 Å². The molecule has 0 saturated carbocycles. The van der Waals surface area contributed by atoms with E-state index in [0.29, 0.717) is 6.42 Å². The average molecular weight is 437 g/mol. The van der Waals surface area contributed by atoms with Gasteiger partial charge in [0.05, 0.1) is 7.11 Å². The van der Waals surface area contributed by atoms with E-state index in [1.54, 1.807) is 13.2 Å². The number of rotatable bonds is 10. The fourth-order valence-corrected chi connectivity index (χ4v) is 1.98. The molecule has 8 heteroatoms. The summed E-state index contributed by atoms with van der Waals surface area (Å²) in [5, 5.41) is 10.7. The highest BCUT2D eigenvalue weighted by atomic mass is 127. The minimum atomic E-state index is -0.136. The summed E-state index contributed by atoms with van der Waals surface area (Å²) >= 11 is 0. The zero-order valence-corrected chi connectivity index (χ0v) is 16.3. The second kappa shape index (κ2) is 14.3. The molecular formula is C15H28IN5O2. The van der Waals surface area contributed by atoms with Crippen LogP contribution in [-0.4, -0.2) is 49.0 Å². The normalized spacial score (nSPS) is 10.8. The molecule has 0 aliphatic carbocycles. The smallest absolute Gasteiger partial charge is 0.305 e. The summed E-state index contributed by atoms with van der Waals surface area (Å²) in [4.78, 5) is 15.1. The van der Waals surface area contributed by atoms with Crippen molar-refractivity contribution in [2.24, 2.45) is 4.99 Å². The summed E-state index contributed by atoms with van der Waals surface area (Å²) in [6.07, 6.45) is 8.10. The van der Waals surface area contributed by atoms with Gasteiger partial charge >= 0.3 is 5.97 Å². The number of unbranched alkanes of at least 4 members (excludes halogenated alkanes) is 2. The zero-order valence-electron chi connectivity index (χ0n) is 14.0. The van der Waals surface area contributed by atoms with Gasteiger partial charge in [-0.1, -0.05) is 6.42 Å². The van der Waals surface area contributed by atoms with Crippen molar-refractivity contribution in [2.75, 3.05) is 27.2 Å². The lowest BCUT2D eigenvalue weighted by molar-refractivity contribution is -0.140. The molecule has 0 bridgehead atoms. The molecule has 7 nitrogen and oxygen atoms in total. The van der Waals surface area contributed by atoms with Gasteiger partial charge in [0.1, 0.15) is 0 Å². The molecule has 0 aromatic carbocycles. The molecule has 0 saturated heterocycles. The van der Waals surface area contributed by atoms with Crippen LogP contribution in [0.1, 0.15) is 32.1 Å². The summed E-state index contributed by atoms with van der Waals surface area (Å²) in [6, 6.07) is 1.92. The molecule has 0 spiro atoms. The predicted molar refractivity (Wildman–Crippen MR) is 102 cm³/mol. The lowest BCUT2D eigenvalue weighted by Gasteiger charge is -2.11. The fourth-order valence-electron chi connectivity index (χ4n) is 1.98. The molecule has 1 rings (SSSR count). The van der Waals surface area contributed by atoms with Crippen LogP contribution in [0.3, 0.4) is 0 Å². The highest BCUT2D eigenvalue weighted by Gasteiger charge is 2.00. The van der Waals surface area contributed by atoms with Gasteiger partial charge in [0.15, 0.2) is 5.96 Å². The summed E-state index contributed by atoms with van der Waals surface area (Å²) in [5.74, 6) is 0.677. The molecule has 1 heterocycles. The van der Waals surface area contributed by atoms with Crippen LogP contribution in [0.4, 0.5) is 0 Å². The number of nitrogens with zero attached hydrogens (tertiary/aromatic N) is 3. The number of hydrogen-bond donors (Lipinski definition) is 2. The van der Waals surface area contributed by atoms with E-state index in [2.05, 4.69) is 25.5 Å². The Labute approximate surface area is 155 Å². The number of methoxy groups -OCH3 is 1. The molecule has 132 valence electrons. The molecule has 0 atom stereocenters. The number of hydrogen-bond acceptors (Lipinski definition) is 4. The minimum Gasteiger partial charge on any atom is -0.469 e. The lowest BCUT2D eigenvalue weighted by Crippen LogP contribution is -2.38. The van der Waals surface area contributed by atoms with Gasteiger partial charge in [-0.05, 0) is 25.3 Å². The van der Waals surface area contributed by atoms with Crippen LogP contribution >= 0.6 is 24.0 Å². The van der Waals surface area contributed by atoms with Crippen LogP contribution < -0.4 is 10.6 Å². The Balaban J connectivity index is 0.00000484. The molecule has 0 aliphatic rings. The van der Waals surface area contributed by atoms with Crippen LogP contribution in [0.25, 0.3) is 0 Å². The number of nitrogens with one attached hydrogen (secondary N) is 2. The number of aliphatic imine (C=N–C) groups is 1. The van der Waals surface area contributed by atoms with Gasteiger partial charge in [-0.15, -0.1) is 24.0 Å². The molecule has 0 unspecified atom stereocenters. The van der Waals surface area contributed by atoms with Crippen molar-refractivity contribution < 1.29 is 9.53 Å². The van der Waals surface area contributed by atoms with Crippen LogP contribution in [0.2, 0.25) is 0 Å². The van der Waals surface area contributed by atoms with E-state index in [0.717, 1.165) is 51.3 Å². The molecule has 1 aromatic heterocycles. The van der Waals surface area contributed by atoms with E-state index >= 15 is 0 Å². The van der Waals surface area contributed by atoms with E-state index in [1.165, 1.54) is 7.11 Å². The van der Waals surface area contributed by atoms with Crippen molar-refractivity contribution in [2.45, 2.75) is 38.6 Å². The fraction of sp³-hybridized carbons (Fsp3) is 0.667. The number of esters is 1. The van der Waals surface area contributed by atoms with E-state index in [-0.39, 0.29) is 29.9 Å². The number of carbonyl (C=O) groups excluding carboxylic acids is 1. The predicted octanol–water partition coefficient (Wildman–Crippen LogP) is 1.79. The Morgan fingerprint density at radius 3 is 2.57 bits per heavy atom. The maximum absolute atomic E-state index is 11.0. The van der Waals surface area contributed by atoms with Crippen molar-refractivity contribution >= 4 is 35.9 Å². The first kappa shape index (κ1) is 21.7.